The van der Waals surface area contributed by atoms with Crippen molar-refractivity contribution in [3.8, 4) is 0 Å². The standard InChI is InChI=1S/C12H19N5O3/c1-9-13-11(15-14-9)12(19)17-7-5-16(6-8-17)4-3-10(18)20-2/h3-8H2,1-2H3,(H,13,14,15). The van der Waals surface area contributed by atoms with Gasteiger partial charge in [-0.1, -0.05) is 0 Å². The summed E-state index contributed by atoms with van der Waals surface area (Å²) in [6, 6.07) is 0. The van der Waals surface area contributed by atoms with Crippen molar-refractivity contribution >= 4 is 11.9 Å². The van der Waals surface area contributed by atoms with Gasteiger partial charge in [0.1, 0.15) is 5.82 Å². The molecule has 0 spiro atoms. The number of piperazine rings is 1. The quantitative estimate of drug-likeness (QED) is 0.743. The van der Waals surface area contributed by atoms with Crippen molar-refractivity contribution in [2.45, 2.75) is 13.3 Å². The Morgan fingerprint density at radius 2 is 2.00 bits per heavy atom. The molecule has 2 heterocycles. The summed E-state index contributed by atoms with van der Waals surface area (Å²) in [4.78, 5) is 31.1. The molecule has 0 unspecified atom stereocenters. The highest BCUT2D eigenvalue weighted by molar-refractivity contribution is 5.90. The zero-order valence-electron chi connectivity index (χ0n) is 11.8. The molecule has 1 N–H and O–H groups in total. The second kappa shape index (κ2) is 6.47. The third-order valence-corrected chi connectivity index (χ3v) is 3.31. The number of hydrogen-bond donors (Lipinski definition) is 1. The number of rotatable bonds is 4. The average molecular weight is 281 g/mol. The van der Waals surface area contributed by atoms with Crippen LogP contribution in [0.4, 0.5) is 0 Å². The minimum Gasteiger partial charge on any atom is -0.469 e. The van der Waals surface area contributed by atoms with Crippen LogP contribution >= 0.6 is 0 Å². The van der Waals surface area contributed by atoms with Gasteiger partial charge in [-0.15, -0.1) is 5.10 Å². The van der Waals surface area contributed by atoms with Crippen molar-refractivity contribution in [1.82, 2.24) is 25.0 Å². The Kier molecular flexibility index (Phi) is 4.67. The number of H-pyrrole nitrogens is 1. The largest absolute Gasteiger partial charge is 0.469 e. The van der Waals surface area contributed by atoms with Gasteiger partial charge in [-0.05, 0) is 6.92 Å². The molecule has 0 radical (unpaired) electrons. The van der Waals surface area contributed by atoms with Gasteiger partial charge in [0.15, 0.2) is 0 Å². The van der Waals surface area contributed by atoms with Crippen molar-refractivity contribution in [2.75, 3.05) is 39.8 Å². The fourth-order valence-corrected chi connectivity index (χ4v) is 2.11. The predicted molar refractivity (Wildman–Crippen MR) is 70.1 cm³/mol. The number of esters is 1. The van der Waals surface area contributed by atoms with Crippen LogP contribution in [0.15, 0.2) is 0 Å². The van der Waals surface area contributed by atoms with E-state index in [4.69, 9.17) is 0 Å². The molecular weight excluding hydrogens is 262 g/mol. The molecule has 1 aliphatic rings. The molecule has 2 rings (SSSR count). The van der Waals surface area contributed by atoms with Crippen molar-refractivity contribution in [1.29, 1.82) is 0 Å². The number of aromatic nitrogens is 3. The lowest BCUT2D eigenvalue weighted by Crippen LogP contribution is -2.49. The number of carbonyl (C=O) groups is 2. The molecule has 8 nitrogen and oxygen atoms in total. The first kappa shape index (κ1) is 14.4. The number of amides is 1. The maximum absolute atomic E-state index is 12.1. The molecule has 1 aromatic rings. The number of aromatic amines is 1. The number of carbonyl (C=O) groups excluding carboxylic acids is 2. The molecule has 1 aromatic heterocycles. The van der Waals surface area contributed by atoms with E-state index in [1.807, 2.05) is 0 Å². The van der Waals surface area contributed by atoms with Crippen LogP contribution in [-0.2, 0) is 9.53 Å². The summed E-state index contributed by atoms with van der Waals surface area (Å²) in [5, 5.41) is 6.54. The third-order valence-electron chi connectivity index (χ3n) is 3.31. The van der Waals surface area contributed by atoms with E-state index in [1.165, 1.54) is 7.11 Å². The summed E-state index contributed by atoms with van der Waals surface area (Å²) >= 11 is 0. The fourth-order valence-electron chi connectivity index (χ4n) is 2.11. The van der Waals surface area contributed by atoms with Gasteiger partial charge in [-0.3, -0.25) is 19.6 Å². The van der Waals surface area contributed by atoms with E-state index in [1.54, 1.807) is 11.8 Å². The van der Waals surface area contributed by atoms with Gasteiger partial charge in [0.25, 0.3) is 5.91 Å². The van der Waals surface area contributed by atoms with E-state index in [-0.39, 0.29) is 17.7 Å². The van der Waals surface area contributed by atoms with Crippen molar-refractivity contribution in [2.24, 2.45) is 0 Å². The number of ether oxygens (including phenoxy) is 1. The normalized spacial score (nSPS) is 16.2. The summed E-state index contributed by atoms with van der Waals surface area (Å²) in [6.07, 6.45) is 0.380. The van der Waals surface area contributed by atoms with Gasteiger partial charge in [0.05, 0.1) is 13.5 Å². The van der Waals surface area contributed by atoms with Crippen LogP contribution in [0, 0.1) is 6.92 Å². The van der Waals surface area contributed by atoms with E-state index < -0.39 is 0 Å². The minimum absolute atomic E-state index is 0.151. The molecule has 8 heteroatoms. The number of nitrogens with one attached hydrogen (secondary N) is 1. The van der Waals surface area contributed by atoms with Crippen LogP contribution < -0.4 is 0 Å². The molecule has 0 aliphatic carbocycles. The van der Waals surface area contributed by atoms with E-state index in [0.717, 1.165) is 13.1 Å². The van der Waals surface area contributed by atoms with Gasteiger partial charge >= 0.3 is 5.97 Å². The maximum Gasteiger partial charge on any atom is 0.306 e. The van der Waals surface area contributed by atoms with Gasteiger partial charge in [-0.25, -0.2) is 4.98 Å². The highest BCUT2D eigenvalue weighted by Crippen LogP contribution is 2.06. The number of aryl methyl sites for hydroxylation is 1. The zero-order valence-corrected chi connectivity index (χ0v) is 11.8. The van der Waals surface area contributed by atoms with Crippen LogP contribution in [0.2, 0.25) is 0 Å². The Morgan fingerprint density at radius 1 is 1.30 bits per heavy atom. The first-order valence-corrected chi connectivity index (χ1v) is 6.57. The second-order valence-electron chi connectivity index (χ2n) is 4.70. The van der Waals surface area contributed by atoms with Crippen molar-refractivity contribution in [3.05, 3.63) is 11.6 Å². The van der Waals surface area contributed by atoms with Gasteiger partial charge in [-0.2, -0.15) is 0 Å². The van der Waals surface area contributed by atoms with Crippen LogP contribution in [0.3, 0.4) is 0 Å². The summed E-state index contributed by atoms with van der Waals surface area (Å²) in [5.41, 5.74) is 0. The van der Waals surface area contributed by atoms with E-state index in [9.17, 15) is 9.59 Å². The first-order valence-electron chi connectivity index (χ1n) is 6.57. The Labute approximate surface area is 117 Å². The average Bonchev–Trinajstić information content (AvgIpc) is 2.91. The monoisotopic (exact) mass is 281 g/mol. The molecule has 20 heavy (non-hydrogen) atoms. The Bertz CT molecular complexity index is 479. The number of methoxy groups -OCH3 is 1. The van der Waals surface area contributed by atoms with E-state index >= 15 is 0 Å². The fraction of sp³-hybridized carbons (Fsp3) is 0.667. The van der Waals surface area contributed by atoms with Crippen molar-refractivity contribution in [3.63, 3.8) is 0 Å². The lowest BCUT2D eigenvalue weighted by molar-refractivity contribution is -0.141. The smallest absolute Gasteiger partial charge is 0.306 e. The lowest BCUT2D eigenvalue weighted by atomic mass is 10.3. The molecule has 1 amide bonds. The van der Waals surface area contributed by atoms with Gasteiger partial charge in [0, 0.05) is 32.7 Å². The molecular formula is C12H19N5O3. The van der Waals surface area contributed by atoms with Gasteiger partial charge in [0.2, 0.25) is 5.82 Å². The van der Waals surface area contributed by atoms with Crippen LogP contribution in [0.25, 0.3) is 0 Å². The molecule has 0 aromatic carbocycles. The van der Waals surface area contributed by atoms with E-state index in [2.05, 4.69) is 24.8 Å². The van der Waals surface area contributed by atoms with Crippen LogP contribution in [0.5, 0.6) is 0 Å². The number of hydrogen-bond acceptors (Lipinski definition) is 6. The summed E-state index contributed by atoms with van der Waals surface area (Å²) in [7, 11) is 1.39. The zero-order chi connectivity index (χ0) is 14.5. The highest BCUT2D eigenvalue weighted by atomic mass is 16.5. The van der Waals surface area contributed by atoms with Crippen molar-refractivity contribution < 1.29 is 14.3 Å². The molecule has 1 fully saturated rings. The van der Waals surface area contributed by atoms with E-state index in [0.29, 0.717) is 31.9 Å². The van der Waals surface area contributed by atoms with Gasteiger partial charge < -0.3 is 9.64 Å². The second-order valence-corrected chi connectivity index (χ2v) is 4.70. The topological polar surface area (TPSA) is 91.4 Å². The minimum atomic E-state index is -0.209. The first-order chi connectivity index (χ1) is 9.60. The summed E-state index contributed by atoms with van der Waals surface area (Å²) < 4.78 is 4.61. The SMILES string of the molecule is COC(=O)CCN1CCN(C(=O)c2n[nH]c(C)n2)CC1. The Balaban J connectivity index is 1.79. The van der Waals surface area contributed by atoms with Crippen LogP contribution in [-0.4, -0.2) is 76.7 Å². The third kappa shape index (κ3) is 3.53. The lowest BCUT2D eigenvalue weighted by Gasteiger charge is -2.33. The molecule has 1 saturated heterocycles. The summed E-state index contributed by atoms with van der Waals surface area (Å²) in [5.74, 6) is 0.484. The predicted octanol–water partition coefficient (Wildman–Crippen LogP) is -0.566. The number of nitrogens with zero attached hydrogens (tertiary/aromatic N) is 4. The maximum atomic E-state index is 12.1. The Morgan fingerprint density at radius 3 is 2.55 bits per heavy atom. The summed E-state index contributed by atoms with van der Waals surface area (Å²) in [6.45, 7) is 5.14. The molecule has 0 bridgehead atoms. The molecule has 0 saturated carbocycles. The Hall–Kier alpha value is -1.96. The molecule has 0 atom stereocenters. The highest BCUT2D eigenvalue weighted by Gasteiger charge is 2.24. The molecule has 110 valence electrons. The molecule has 1 aliphatic heterocycles. The van der Waals surface area contributed by atoms with Crippen LogP contribution in [0.1, 0.15) is 22.9 Å².